The number of aliphatic hydroxyl groups is 1. The summed E-state index contributed by atoms with van der Waals surface area (Å²) >= 11 is 0. The van der Waals surface area contributed by atoms with E-state index in [1.54, 1.807) is 12.1 Å². The van der Waals surface area contributed by atoms with Gasteiger partial charge in [-0.05, 0) is 67.1 Å². The third-order valence-electron chi connectivity index (χ3n) is 8.63. The Morgan fingerprint density at radius 3 is 2.38 bits per heavy atom. The summed E-state index contributed by atoms with van der Waals surface area (Å²) < 4.78 is 84.8. The lowest BCUT2D eigenvalue weighted by Crippen LogP contribution is -2.47. The fourth-order valence-corrected chi connectivity index (χ4v) is 8.38. The highest BCUT2D eigenvalue weighted by Crippen LogP contribution is 2.39. The number of benzene rings is 3. The number of hydrogen-bond acceptors (Lipinski definition) is 10. The molecule has 4 N–H and O–H groups in total. The first-order chi connectivity index (χ1) is 22.3. The van der Waals surface area contributed by atoms with Crippen LogP contribution in [0.2, 0.25) is 0 Å². The second-order valence-corrected chi connectivity index (χ2v) is 15.9. The Hall–Kier alpha value is -3.11. The van der Waals surface area contributed by atoms with Crippen molar-refractivity contribution in [2.24, 2.45) is 5.73 Å². The van der Waals surface area contributed by atoms with Crippen LogP contribution in [0.5, 0.6) is 11.5 Å². The van der Waals surface area contributed by atoms with Gasteiger partial charge in [-0.2, -0.15) is 4.31 Å². The summed E-state index contributed by atoms with van der Waals surface area (Å²) in [7, 11) is -7.64. The van der Waals surface area contributed by atoms with Crippen molar-refractivity contribution in [3.63, 3.8) is 0 Å². The summed E-state index contributed by atoms with van der Waals surface area (Å²) in [5, 5.41) is 13.7. The molecule has 0 aromatic heterocycles. The van der Waals surface area contributed by atoms with E-state index in [9.17, 15) is 26.3 Å². The molecule has 0 radical (unpaired) electrons. The molecule has 2 aliphatic rings. The zero-order valence-electron chi connectivity index (χ0n) is 26.5. The zero-order chi connectivity index (χ0) is 33.8. The Morgan fingerprint density at radius 1 is 1.02 bits per heavy atom. The highest BCUT2D eigenvalue weighted by molar-refractivity contribution is 7.90. The highest BCUT2D eigenvalue weighted by Gasteiger charge is 2.45. The molecular formula is C33H42FN3O8S2. The van der Waals surface area contributed by atoms with Crippen LogP contribution < -0.4 is 20.5 Å². The van der Waals surface area contributed by atoms with Crippen LogP contribution >= 0.6 is 0 Å². The number of sulfone groups is 1. The first-order valence-corrected chi connectivity index (χ1v) is 18.9. The van der Waals surface area contributed by atoms with E-state index in [0.717, 1.165) is 29.0 Å². The molecule has 2 heterocycles. The van der Waals surface area contributed by atoms with E-state index in [1.807, 2.05) is 37.3 Å². The van der Waals surface area contributed by atoms with Gasteiger partial charge in [-0.25, -0.2) is 21.2 Å². The summed E-state index contributed by atoms with van der Waals surface area (Å²) in [6, 6.07) is 16.7. The highest BCUT2D eigenvalue weighted by atomic mass is 32.2. The quantitative estimate of drug-likeness (QED) is 0.243. The summed E-state index contributed by atoms with van der Waals surface area (Å²) in [5.74, 6) is -0.933. The molecule has 1 spiro atoms. The Kier molecular flexibility index (Phi) is 10.9. The number of nitrogens with one attached hydrogen (secondary N) is 1. The molecule has 0 aliphatic carbocycles. The van der Waals surface area contributed by atoms with Crippen LogP contribution in [-0.2, 0) is 31.1 Å². The Balaban J connectivity index is 1.16. The first-order valence-electron chi connectivity index (χ1n) is 15.6. The lowest BCUT2D eigenvalue weighted by Gasteiger charge is -2.38. The van der Waals surface area contributed by atoms with Crippen molar-refractivity contribution in [2.75, 3.05) is 45.7 Å². The van der Waals surface area contributed by atoms with Crippen LogP contribution in [0.1, 0.15) is 31.7 Å². The van der Waals surface area contributed by atoms with Gasteiger partial charge in [0.25, 0.3) is 0 Å². The SMILES string of the molecule is CCOc1ccc(-c2ccc(CN)cc2)cc1S(=O)(=O)N1CCC2(CC1)CC(NCC(O)COc1cccc(S(C)(=O)=O)c1F)CO2. The van der Waals surface area contributed by atoms with Crippen molar-refractivity contribution in [1.82, 2.24) is 9.62 Å². The van der Waals surface area contributed by atoms with Gasteiger partial charge in [0.05, 0.1) is 18.8 Å². The number of piperidine rings is 1. The van der Waals surface area contributed by atoms with Gasteiger partial charge in [0.15, 0.2) is 21.4 Å². The molecule has 0 bridgehead atoms. The number of hydrogen-bond donors (Lipinski definition) is 3. The number of rotatable bonds is 13. The minimum absolute atomic E-state index is 0.0787. The summed E-state index contributed by atoms with van der Waals surface area (Å²) in [4.78, 5) is -0.339. The van der Waals surface area contributed by atoms with Crippen LogP contribution in [0.4, 0.5) is 4.39 Å². The number of nitrogens with zero attached hydrogens (tertiary/aromatic N) is 1. The Labute approximate surface area is 275 Å². The topological polar surface area (TPSA) is 157 Å². The van der Waals surface area contributed by atoms with Crippen molar-refractivity contribution in [2.45, 2.75) is 60.3 Å². The van der Waals surface area contributed by atoms with Gasteiger partial charge in [0.2, 0.25) is 10.0 Å². The Bertz CT molecular complexity index is 1760. The summed E-state index contributed by atoms with van der Waals surface area (Å²) in [6.07, 6.45) is 1.58. The minimum Gasteiger partial charge on any atom is -0.492 e. The van der Waals surface area contributed by atoms with E-state index in [1.165, 1.54) is 16.4 Å². The van der Waals surface area contributed by atoms with Crippen LogP contribution in [0.25, 0.3) is 11.1 Å². The molecule has 0 saturated carbocycles. The molecule has 3 aromatic rings. The molecule has 2 atom stereocenters. The summed E-state index contributed by atoms with van der Waals surface area (Å²) in [5.41, 5.74) is 7.86. The minimum atomic E-state index is -3.87. The molecule has 256 valence electrons. The van der Waals surface area contributed by atoms with Gasteiger partial charge < -0.3 is 30.4 Å². The van der Waals surface area contributed by atoms with Crippen LogP contribution in [-0.4, -0.2) is 89.7 Å². The lowest BCUT2D eigenvalue weighted by atomic mass is 9.88. The molecule has 47 heavy (non-hydrogen) atoms. The molecule has 0 amide bonds. The van der Waals surface area contributed by atoms with Crippen LogP contribution in [0, 0.1) is 5.82 Å². The maximum atomic E-state index is 14.5. The molecule has 3 aromatic carbocycles. The van der Waals surface area contributed by atoms with Crippen molar-refractivity contribution in [3.8, 4) is 22.6 Å². The van der Waals surface area contributed by atoms with Crippen LogP contribution in [0.3, 0.4) is 0 Å². The van der Waals surface area contributed by atoms with E-state index in [4.69, 9.17) is 19.9 Å². The number of nitrogens with two attached hydrogens (primary N) is 1. The van der Waals surface area contributed by atoms with Gasteiger partial charge in [-0.1, -0.05) is 36.4 Å². The van der Waals surface area contributed by atoms with E-state index in [-0.39, 0.29) is 42.9 Å². The second kappa shape index (κ2) is 14.6. The second-order valence-electron chi connectivity index (χ2n) is 12.0. The standard InChI is InChI=1S/C33H42FN3O8S2/c1-3-43-28-12-11-25(24-9-7-23(19-35)8-10-24)17-31(28)47(41,42)37-15-13-33(14-16-37)18-26(21-45-33)36-20-27(38)22-44-29-5-4-6-30(32(29)34)46(2,39)40/h4-12,17,26-27,36,38H,3,13-16,18-22,35H2,1-2H3. The number of aliphatic hydroxyl groups excluding tert-OH is 1. The van der Waals surface area contributed by atoms with Crippen LogP contribution in [0.15, 0.2) is 70.5 Å². The molecule has 11 nitrogen and oxygen atoms in total. The van der Waals surface area contributed by atoms with E-state index >= 15 is 0 Å². The normalized spacial score (nSPS) is 19.1. The van der Waals surface area contributed by atoms with Crippen molar-refractivity contribution in [3.05, 3.63) is 72.0 Å². The van der Waals surface area contributed by atoms with E-state index in [0.29, 0.717) is 44.8 Å². The molecular weight excluding hydrogens is 650 g/mol. The molecule has 2 aliphatic heterocycles. The van der Waals surface area contributed by atoms with Crippen molar-refractivity contribution in [1.29, 1.82) is 0 Å². The van der Waals surface area contributed by atoms with Gasteiger partial charge in [0.1, 0.15) is 28.3 Å². The lowest BCUT2D eigenvalue weighted by molar-refractivity contribution is -0.0312. The third kappa shape index (κ3) is 8.13. The van der Waals surface area contributed by atoms with Gasteiger partial charge in [0, 0.05) is 38.5 Å². The zero-order valence-corrected chi connectivity index (χ0v) is 28.2. The Morgan fingerprint density at radius 2 is 1.72 bits per heavy atom. The molecule has 2 fully saturated rings. The van der Waals surface area contributed by atoms with Crippen molar-refractivity contribution >= 4 is 19.9 Å². The van der Waals surface area contributed by atoms with E-state index in [2.05, 4.69) is 5.32 Å². The van der Waals surface area contributed by atoms with Gasteiger partial charge >= 0.3 is 0 Å². The smallest absolute Gasteiger partial charge is 0.246 e. The van der Waals surface area contributed by atoms with E-state index < -0.39 is 42.3 Å². The largest absolute Gasteiger partial charge is 0.492 e. The molecule has 14 heteroatoms. The maximum Gasteiger partial charge on any atom is 0.246 e. The predicted octanol–water partition coefficient (Wildman–Crippen LogP) is 3.10. The molecule has 2 unspecified atom stereocenters. The number of halogens is 1. The molecule has 2 saturated heterocycles. The summed E-state index contributed by atoms with van der Waals surface area (Å²) in [6.45, 7) is 3.42. The monoisotopic (exact) mass is 691 g/mol. The maximum absolute atomic E-state index is 14.5. The fourth-order valence-electron chi connectivity index (χ4n) is 6.03. The average molecular weight is 692 g/mol. The average Bonchev–Trinajstić information content (AvgIpc) is 3.45. The predicted molar refractivity (Wildman–Crippen MR) is 175 cm³/mol. The third-order valence-corrected chi connectivity index (χ3v) is 11.7. The number of ether oxygens (including phenoxy) is 3. The number of sulfonamides is 1. The van der Waals surface area contributed by atoms with Gasteiger partial charge in [-0.15, -0.1) is 0 Å². The first kappa shape index (κ1) is 35.2. The molecule has 5 rings (SSSR count). The fraction of sp³-hybridized carbons (Fsp3) is 0.455. The van der Waals surface area contributed by atoms with Crippen molar-refractivity contribution < 1.29 is 40.5 Å². The van der Waals surface area contributed by atoms with Gasteiger partial charge in [-0.3, -0.25) is 0 Å².